The van der Waals surface area contributed by atoms with Gasteiger partial charge in [-0.15, -0.1) is 0 Å². The summed E-state index contributed by atoms with van der Waals surface area (Å²) < 4.78 is 13.7. The summed E-state index contributed by atoms with van der Waals surface area (Å²) in [6, 6.07) is 11.6. The molecule has 0 unspecified atom stereocenters. The van der Waals surface area contributed by atoms with Crippen molar-refractivity contribution in [2.75, 3.05) is 11.4 Å². The van der Waals surface area contributed by atoms with Crippen molar-refractivity contribution in [3.8, 4) is 0 Å². The largest absolute Gasteiger partial charge is 0.480 e. The maximum absolute atomic E-state index is 13.7. The van der Waals surface area contributed by atoms with E-state index in [0.717, 1.165) is 11.0 Å². The molecule has 0 fully saturated rings. The van der Waals surface area contributed by atoms with Gasteiger partial charge >= 0.3 is 5.97 Å². The number of amides is 1. The van der Waals surface area contributed by atoms with Gasteiger partial charge in [-0.2, -0.15) is 0 Å². The van der Waals surface area contributed by atoms with E-state index in [1.54, 1.807) is 12.1 Å². The molecule has 0 saturated carbocycles. The standard InChI is InChI=1S/C15H11ClFNO3/c16-10-4-3-5-11(8-10)18(9-14(19)20)15(21)12-6-1-2-7-13(12)17/h1-8H,9H2,(H,19,20). The van der Waals surface area contributed by atoms with Crippen LogP contribution in [0.1, 0.15) is 10.4 Å². The summed E-state index contributed by atoms with van der Waals surface area (Å²) >= 11 is 5.85. The minimum Gasteiger partial charge on any atom is -0.480 e. The maximum atomic E-state index is 13.7. The number of benzene rings is 2. The quantitative estimate of drug-likeness (QED) is 0.943. The first-order chi connectivity index (χ1) is 9.99. The van der Waals surface area contributed by atoms with Crippen LogP contribution in [0.3, 0.4) is 0 Å². The van der Waals surface area contributed by atoms with E-state index in [1.165, 1.54) is 30.3 Å². The molecule has 1 N–H and O–H groups in total. The molecule has 108 valence electrons. The molecule has 0 bridgehead atoms. The molecule has 2 rings (SSSR count). The van der Waals surface area contributed by atoms with Gasteiger partial charge in [0, 0.05) is 10.7 Å². The van der Waals surface area contributed by atoms with Crippen molar-refractivity contribution in [3.05, 3.63) is 64.9 Å². The fourth-order valence-electron chi connectivity index (χ4n) is 1.84. The Balaban J connectivity index is 2.43. The molecule has 0 aliphatic heterocycles. The fourth-order valence-corrected chi connectivity index (χ4v) is 2.02. The number of anilines is 1. The van der Waals surface area contributed by atoms with Gasteiger partial charge in [-0.1, -0.05) is 29.8 Å². The molecule has 4 nitrogen and oxygen atoms in total. The van der Waals surface area contributed by atoms with E-state index >= 15 is 0 Å². The lowest BCUT2D eigenvalue weighted by atomic mass is 10.1. The van der Waals surface area contributed by atoms with Crippen LogP contribution in [0.4, 0.5) is 10.1 Å². The van der Waals surface area contributed by atoms with E-state index < -0.39 is 24.2 Å². The molecule has 1 amide bonds. The molecule has 0 aliphatic rings. The van der Waals surface area contributed by atoms with Gasteiger partial charge in [0.25, 0.3) is 5.91 Å². The molecule has 0 saturated heterocycles. The molecule has 6 heteroatoms. The van der Waals surface area contributed by atoms with Crippen LogP contribution in [0.25, 0.3) is 0 Å². The van der Waals surface area contributed by atoms with Gasteiger partial charge in [0.2, 0.25) is 0 Å². The fraction of sp³-hybridized carbons (Fsp3) is 0.0667. The average molecular weight is 308 g/mol. The van der Waals surface area contributed by atoms with Gasteiger partial charge in [-0.05, 0) is 30.3 Å². The predicted molar refractivity (Wildman–Crippen MR) is 77.2 cm³/mol. The van der Waals surface area contributed by atoms with Crippen LogP contribution in [0, 0.1) is 5.82 Å². The Morgan fingerprint density at radius 2 is 1.86 bits per heavy atom. The predicted octanol–water partition coefficient (Wildman–Crippen LogP) is 3.21. The zero-order valence-electron chi connectivity index (χ0n) is 10.8. The van der Waals surface area contributed by atoms with Crippen molar-refractivity contribution >= 4 is 29.2 Å². The molecular formula is C15H11ClFNO3. The number of rotatable bonds is 4. The van der Waals surface area contributed by atoms with E-state index in [-0.39, 0.29) is 11.3 Å². The summed E-state index contributed by atoms with van der Waals surface area (Å²) in [5.74, 6) is -2.66. The summed E-state index contributed by atoms with van der Waals surface area (Å²) in [6.07, 6.45) is 0. The van der Waals surface area contributed by atoms with Crippen LogP contribution in [0.5, 0.6) is 0 Å². The van der Waals surface area contributed by atoms with E-state index in [9.17, 15) is 14.0 Å². The monoisotopic (exact) mass is 307 g/mol. The normalized spacial score (nSPS) is 10.2. The highest BCUT2D eigenvalue weighted by Gasteiger charge is 2.22. The number of hydrogen-bond donors (Lipinski definition) is 1. The van der Waals surface area contributed by atoms with Gasteiger partial charge in [-0.25, -0.2) is 4.39 Å². The molecule has 0 atom stereocenters. The second-order valence-corrected chi connectivity index (χ2v) is 4.68. The number of nitrogens with zero attached hydrogens (tertiary/aromatic N) is 1. The minimum absolute atomic E-state index is 0.196. The Labute approximate surface area is 125 Å². The molecule has 0 aromatic heterocycles. The van der Waals surface area contributed by atoms with Crippen molar-refractivity contribution in [1.29, 1.82) is 0 Å². The number of carbonyl (C=O) groups is 2. The summed E-state index contributed by atoms with van der Waals surface area (Å²) in [7, 11) is 0. The SMILES string of the molecule is O=C(O)CN(C(=O)c1ccccc1F)c1cccc(Cl)c1. The molecule has 0 radical (unpaired) electrons. The van der Waals surface area contributed by atoms with Gasteiger partial charge in [0.15, 0.2) is 0 Å². The highest BCUT2D eigenvalue weighted by atomic mass is 35.5. The van der Waals surface area contributed by atoms with Crippen molar-refractivity contribution in [1.82, 2.24) is 0 Å². The topological polar surface area (TPSA) is 57.6 Å². The third-order valence-electron chi connectivity index (χ3n) is 2.76. The Morgan fingerprint density at radius 3 is 2.48 bits per heavy atom. The van der Waals surface area contributed by atoms with Crippen LogP contribution >= 0.6 is 11.6 Å². The highest BCUT2D eigenvalue weighted by Crippen LogP contribution is 2.22. The molecule has 21 heavy (non-hydrogen) atoms. The van der Waals surface area contributed by atoms with Crippen LogP contribution in [-0.2, 0) is 4.79 Å². The van der Waals surface area contributed by atoms with E-state index in [1.807, 2.05) is 0 Å². The number of carboxylic acids is 1. The van der Waals surface area contributed by atoms with Gasteiger partial charge < -0.3 is 5.11 Å². The number of aliphatic carboxylic acids is 1. The summed E-state index contributed by atoms with van der Waals surface area (Å²) in [5, 5.41) is 9.31. The zero-order valence-corrected chi connectivity index (χ0v) is 11.5. The first kappa shape index (κ1) is 15.0. The van der Waals surface area contributed by atoms with Crippen molar-refractivity contribution in [3.63, 3.8) is 0 Å². The Bertz CT molecular complexity index is 690. The summed E-state index contributed by atoms with van der Waals surface area (Å²) in [6.45, 7) is -0.590. The molecule has 2 aromatic rings. The average Bonchev–Trinajstić information content (AvgIpc) is 2.44. The molecule has 0 spiro atoms. The van der Waals surface area contributed by atoms with Crippen LogP contribution in [0.15, 0.2) is 48.5 Å². The highest BCUT2D eigenvalue weighted by molar-refractivity contribution is 6.31. The Kier molecular flexibility index (Phi) is 4.55. The van der Waals surface area contributed by atoms with Crippen molar-refractivity contribution < 1.29 is 19.1 Å². The van der Waals surface area contributed by atoms with Crippen molar-refractivity contribution in [2.45, 2.75) is 0 Å². The molecule has 0 heterocycles. The number of carbonyl (C=O) groups excluding carboxylic acids is 1. The first-order valence-electron chi connectivity index (χ1n) is 6.03. The van der Waals surface area contributed by atoms with Crippen LogP contribution in [-0.4, -0.2) is 23.5 Å². The van der Waals surface area contributed by atoms with Gasteiger partial charge in [0.05, 0.1) is 5.56 Å². The first-order valence-corrected chi connectivity index (χ1v) is 6.40. The maximum Gasteiger partial charge on any atom is 0.323 e. The number of hydrogen-bond acceptors (Lipinski definition) is 2. The summed E-state index contributed by atoms with van der Waals surface area (Å²) in [4.78, 5) is 24.3. The Hall–Kier alpha value is -2.40. The van der Waals surface area contributed by atoms with E-state index in [0.29, 0.717) is 5.02 Å². The Morgan fingerprint density at radius 1 is 1.14 bits per heavy atom. The lowest BCUT2D eigenvalue weighted by Crippen LogP contribution is -2.36. The smallest absolute Gasteiger partial charge is 0.323 e. The lowest BCUT2D eigenvalue weighted by molar-refractivity contribution is -0.135. The van der Waals surface area contributed by atoms with Crippen LogP contribution in [0.2, 0.25) is 5.02 Å². The molecule has 2 aromatic carbocycles. The van der Waals surface area contributed by atoms with Crippen LogP contribution < -0.4 is 4.90 Å². The minimum atomic E-state index is -1.21. The third-order valence-corrected chi connectivity index (χ3v) is 3.00. The number of carboxylic acid groups (broad SMARTS) is 1. The third kappa shape index (κ3) is 3.58. The lowest BCUT2D eigenvalue weighted by Gasteiger charge is -2.21. The summed E-state index contributed by atoms with van der Waals surface area (Å²) in [5.41, 5.74) is 0.0943. The molecular weight excluding hydrogens is 297 g/mol. The second-order valence-electron chi connectivity index (χ2n) is 4.24. The molecule has 0 aliphatic carbocycles. The van der Waals surface area contributed by atoms with E-state index in [2.05, 4.69) is 0 Å². The zero-order chi connectivity index (χ0) is 15.4. The second kappa shape index (κ2) is 6.37. The van der Waals surface area contributed by atoms with E-state index in [4.69, 9.17) is 16.7 Å². The van der Waals surface area contributed by atoms with Gasteiger partial charge in [0.1, 0.15) is 12.4 Å². The number of halogens is 2. The van der Waals surface area contributed by atoms with Gasteiger partial charge in [-0.3, -0.25) is 14.5 Å². The van der Waals surface area contributed by atoms with Crippen molar-refractivity contribution in [2.24, 2.45) is 0 Å².